The highest BCUT2D eigenvalue weighted by Crippen LogP contribution is 2.20. The number of nitrogens with zero attached hydrogens (tertiary/aromatic N) is 2. The van der Waals surface area contributed by atoms with Crippen molar-refractivity contribution in [2.75, 3.05) is 0 Å². The molecule has 3 nitrogen and oxygen atoms in total. The number of benzene rings is 2. The molecule has 3 rings (SSSR count). The number of aromatic amines is 1. The van der Waals surface area contributed by atoms with E-state index in [0.717, 1.165) is 21.1 Å². The summed E-state index contributed by atoms with van der Waals surface area (Å²) in [6, 6.07) is 15.8. The predicted octanol–water partition coefficient (Wildman–Crippen LogP) is 4.38. The van der Waals surface area contributed by atoms with E-state index in [4.69, 9.17) is 17.5 Å². The van der Waals surface area contributed by atoms with Gasteiger partial charge in [0.2, 0.25) is 0 Å². The average molecular weight is 344 g/mol. The number of H-pyrrole nitrogens is 1. The molecule has 0 radical (unpaired) electrons. The van der Waals surface area contributed by atoms with E-state index < -0.39 is 0 Å². The van der Waals surface area contributed by atoms with E-state index >= 15 is 0 Å². The number of halogens is 1. The minimum atomic E-state index is 0.649. The maximum Gasteiger partial charge on any atom is 0.178 e. The summed E-state index contributed by atoms with van der Waals surface area (Å²) in [5, 5.41) is 8.96. The van der Waals surface area contributed by atoms with Crippen LogP contribution in [0.5, 0.6) is 0 Å². The Bertz CT molecular complexity index is 886. The van der Waals surface area contributed by atoms with Crippen molar-refractivity contribution in [1.82, 2.24) is 9.55 Å². The molecule has 5 heteroatoms. The van der Waals surface area contributed by atoms with Crippen LogP contribution in [0.3, 0.4) is 0 Å². The van der Waals surface area contributed by atoms with Gasteiger partial charge in [-0.1, -0.05) is 28.1 Å². The number of aromatic nitrogens is 2. The number of nitriles is 1. The summed E-state index contributed by atoms with van der Waals surface area (Å²) in [4.78, 5) is 3.20. The smallest absolute Gasteiger partial charge is 0.178 e. The Labute approximate surface area is 129 Å². The Morgan fingerprint density at radius 2 is 2.10 bits per heavy atom. The monoisotopic (exact) mass is 343 g/mol. The lowest BCUT2D eigenvalue weighted by Gasteiger charge is -2.05. The van der Waals surface area contributed by atoms with Crippen molar-refractivity contribution in [2.45, 2.75) is 6.54 Å². The fourth-order valence-electron chi connectivity index (χ4n) is 2.21. The molecule has 0 aliphatic rings. The van der Waals surface area contributed by atoms with Crippen LogP contribution in [-0.2, 0) is 6.54 Å². The normalized spacial score (nSPS) is 10.6. The van der Waals surface area contributed by atoms with E-state index in [0.29, 0.717) is 16.9 Å². The zero-order chi connectivity index (χ0) is 14.1. The third-order valence-corrected chi connectivity index (χ3v) is 3.95. The van der Waals surface area contributed by atoms with Gasteiger partial charge in [0.1, 0.15) is 0 Å². The van der Waals surface area contributed by atoms with Gasteiger partial charge in [0.15, 0.2) is 4.77 Å². The molecule has 0 bridgehead atoms. The molecule has 3 aromatic rings. The Kier molecular flexibility index (Phi) is 3.43. The second-order valence-corrected chi connectivity index (χ2v) is 5.79. The number of rotatable bonds is 2. The average Bonchev–Trinajstić information content (AvgIpc) is 2.74. The van der Waals surface area contributed by atoms with Gasteiger partial charge < -0.3 is 9.55 Å². The largest absolute Gasteiger partial charge is 0.331 e. The van der Waals surface area contributed by atoms with Gasteiger partial charge in [0.25, 0.3) is 0 Å². The van der Waals surface area contributed by atoms with Crippen LogP contribution in [-0.4, -0.2) is 9.55 Å². The first-order valence-electron chi connectivity index (χ1n) is 6.04. The molecule has 0 aliphatic heterocycles. The van der Waals surface area contributed by atoms with Gasteiger partial charge in [0, 0.05) is 4.47 Å². The molecule has 1 aromatic heterocycles. The van der Waals surface area contributed by atoms with Gasteiger partial charge in [-0.2, -0.15) is 5.26 Å². The molecule has 0 saturated heterocycles. The fraction of sp³-hybridized carbons (Fsp3) is 0.0667. The van der Waals surface area contributed by atoms with Crippen LogP contribution in [0.2, 0.25) is 0 Å². The van der Waals surface area contributed by atoms with Gasteiger partial charge in [-0.15, -0.1) is 0 Å². The highest BCUT2D eigenvalue weighted by atomic mass is 79.9. The Hall–Kier alpha value is -1.90. The van der Waals surface area contributed by atoms with Crippen molar-refractivity contribution >= 4 is 39.2 Å². The Morgan fingerprint density at radius 1 is 1.25 bits per heavy atom. The van der Waals surface area contributed by atoms with E-state index in [9.17, 15) is 0 Å². The first kappa shape index (κ1) is 13.1. The minimum absolute atomic E-state index is 0.649. The van der Waals surface area contributed by atoms with E-state index in [1.165, 1.54) is 0 Å². The molecule has 0 unspecified atom stereocenters. The molecule has 1 heterocycles. The van der Waals surface area contributed by atoms with Crippen LogP contribution in [0, 0.1) is 16.1 Å². The maximum atomic E-state index is 8.96. The highest BCUT2D eigenvalue weighted by molar-refractivity contribution is 9.10. The minimum Gasteiger partial charge on any atom is -0.331 e. The van der Waals surface area contributed by atoms with Crippen LogP contribution < -0.4 is 0 Å². The Balaban J connectivity index is 2.09. The van der Waals surface area contributed by atoms with E-state index in [1.54, 1.807) is 6.07 Å². The number of hydrogen-bond donors (Lipinski definition) is 1. The third kappa shape index (κ3) is 2.40. The molecule has 2 aromatic carbocycles. The molecule has 0 spiro atoms. The van der Waals surface area contributed by atoms with Crippen molar-refractivity contribution in [3.05, 3.63) is 62.8 Å². The lowest BCUT2D eigenvalue weighted by atomic mass is 10.1. The molecule has 1 N–H and O–H groups in total. The quantitative estimate of drug-likeness (QED) is 0.701. The van der Waals surface area contributed by atoms with Gasteiger partial charge in [-0.25, -0.2) is 0 Å². The Morgan fingerprint density at radius 3 is 2.90 bits per heavy atom. The molecule has 0 saturated carbocycles. The molecule has 20 heavy (non-hydrogen) atoms. The van der Waals surface area contributed by atoms with Gasteiger partial charge in [-0.3, -0.25) is 0 Å². The zero-order valence-electron chi connectivity index (χ0n) is 10.4. The third-order valence-electron chi connectivity index (χ3n) is 3.13. The first-order valence-corrected chi connectivity index (χ1v) is 7.24. The first-order chi connectivity index (χ1) is 9.67. The van der Waals surface area contributed by atoms with Gasteiger partial charge >= 0.3 is 0 Å². The summed E-state index contributed by atoms with van der Waals surface area (Å²) in [6.07, 6.45) is 0. The zero-order valence-corrected chi connectivity index (χ0v) is 12.8. The number of hydrogen-bond acceptors (Lipinski definition) is 2. The van der Waals surface area contributed by atoms with Crippen molar-refractivity contribution in [3.8, 4) is 6.07 Å². The highest BCUT2D eigenvalue weighted by Gasteiger charge is 2.06. The van der Waals surface area contributed by atoms with Crippen molar-refractivity contribution < 1.29 is 0 Å². The fourth-order valence-corrected chi connectivity index (χ4v) is 2.85. The molecule has 0 amide bonds. The summed E-state index contributed by atoms with van der Waals surface area (Å²) in [5.74, 6) is 0. The van der Waals surface area contributed by atoms with E-state index in [2.05, 4.69) is 27.0 Å². The molecule has 0 atom stereocenters. The number of fused-ring (bicyclic) bond motifs is 1. The van der Waals surface area contributed by atoms with Crippen molar-refractivity contribution in [2.24, 2.45) is 0 Å². The number of imidazole rings is 1. The van der Waals surface area contributed by atoms with Crippen LogP contribution in [0.1, 0.15) is 11.1 Å². The molecular formula is C15H10BrN3S. The lowest BCUT2D eigenvalue weighted by molar-refractivity contribution is 0.810. The SMILES string of the molecule is N#Cc1cccc(Cn2c(=S)[nH]c3cc(Br)ccc32)c1. The molecule has 0 fully saturated rings. The van der Waals surface area contributed by atoms with Gasteiger partial charge in [-0.05, 0) is 48.1 Å². The number of nitrogens with one attached hydrogen (secondary N) is 1. The summed E-state index contributed by atoms with van der Waals surface area (Å²) < 4.78 is 3.73. The second-order valence-electron chi connectivity index (χ2n) is 4.49. The topological polar surface area (TPSA) is 44.5 Å². The summed E-state index contributed by atoms with van der Waals surface area (Å²) in [6.45, 7) is 0.649. The lowest BCUT2D eigenvalue weighted by Crippen LogP contribution is -1.99. The van der Waals surface area contributed by atoms with Crippen LogP contribution in [0.25, 0.3) is 11.0 Å². The van der Waals surface area contributed by atoms with E-state index in [-0.39, 0.29) is 0 Å². The molecule has 98 valence electrons. The molecule has 0 aliphatic carbocycles. The van der Waals surface area contributed by atoms with Crippen LogP contribution >= 0.6 is 28.1 Å². The summed E-state index contributed by atoms with van der Waals surface area (Å²) in [7, 11) is 0. The predicted molar refractivity (Wildman–Crippen MR) is 85.1 cm³/mol. The van der Waals surface area contributed by atoms with Crippen molar-refractivity contribution in [3.63, 3.8) is 0 Å². The standard InChI is InChI=1S/C15H10BrN3S/c16-12-4-5-14-13(7-12)18-15(20)19(14)9-11-3-1-2-10(6-11)8-17/h1-7H,9H2,(H,18,20). The van der Waals surface area contributed by atoms with Crippen LogP contribution in [0.15, 0.2) is 46.9 Å². The second kappa shape index (κ2) is 5.23. The van der Waals surface area contributed by atoms with Crippen LogP contribution in [0.4, 0.5) is 0 Å². The summed E-state index contributed by atoms with van der Waals surface area (Å²) in [5.41, 5.74) is 3.78. The summed E-state index contributed by atoms with van der Waals surface area (Å²) >= 11 is 8.84. The van der Waals surface area contributed by atoms with E-state index in [1.807, 2.05) is 41.0 Å². The molecular weight excluding hydrogens is 334 g/mol. The van der Waals surface area contributed by atoms with Crippen molar-refractivity contribution in [1.29, 1.82) is 5.26 Å². The van der Waals surface area contributed by atoms with Gasteiger partial charge in [0.05, 0.1) is 29.2 Å². The maximum absolute atomic E-state index is 8.96.